The number of nitrogens with zero attached hydrogens (tertiary/aromatic N) is 5. The number of benzene rings is 1. The largest absolute Gasteiger partial charge is 0.319 e. The molecule has 1 saturated heterocycles. The molecular weight excluding hydrogens is 328 g/mol. The van der Waals surface area contributed by atoms with Gasteiger partial charge < -0.3 is 10.2 Å². The topological polar surface area (TPSA) is 68.0 Å². The molecule has 1 aliphatic rings. The highest BCUT2D eigenvalue weighted by Gasteiger charge is 2.19. The van der Waals surface area contributed by atoms with Crippen molar-refractivity contribution in [3.63, 3.8) is 0 Å². The molecule has 0 radical (unpaired) electrons. The summed E-state index contributed by atoms with van der Waals surface area (Å²) in [5.74, 6) is -0.139. The van der Waals surface area contributed by atoms with Crippen molar-refractivity contribution in [2.24, 2.45) is 0 Å². The first-order valence-corrected chi connectivity index (χ1v) is 8.83. The molecule has 4 rings (SSSR count). The maximum atomic E-state index is 12.5. The lowest BCUT2D eigenvalue weighted by Gasteiger charge is -2.28. The van der Waals surface area contributed by atoms with Crippen LogP contribution in [0.1, 0.15) is 29.2 Å². The van der Waals surface area contributed by atoms with E-state index in [0.29, 0.717) is 11.6 Å². The molecule has 1 N–H and O–H groups in total. The Labute approximate surface area is 152 Å². The molecule has 0 atom stereocenters. The molecule has 7 heteroatoms. The Morgan fingerprint density at radius 3 is 2.62 bits per heavy atom. The first-order valence-electron chi connectivity index (χ1n) is 8.83. The first-order chi connectivity index (χ1) is 12.7. The Morgan fingerprint density at radius 2 is 1.92 bits per heavy atom. The van der Waals surface area contributed by atoms with Crippen molar-refractivity contribution in [2.45, 2.75) is 18.9 Å². The summed E-state index contributed by atoms with van der Waals surface area (Å²) in [6.07, 6.45) is 9.40. The number of carbonyl (C=O) groups excluding carboxylic acids is 1. The lowest BCUT2D eigenvalue weighted by atomic mass is 10.1. The number of rotatable bonds is 4. The van der Waals surface area contributed by atoms with Crippen LogP contribution in [-0.4, -0.2) is 50.5 Å². The van der Waals surface area contributed by atoms with Gasteiger partial charge in [0.25, 0.3) is 5.91 Å². The van der Waals surface area contributed by atoms with Gasteiger partial charge in [0.1, 0.15) is 0 Å². The number of amides is 1. The second-order valence-electron chi connectivity index (χ2n) is 6.70. The molecule has 1 aromatic carbocycles. The molecule has 3 aromatic rings. The van der Waals surface area contributed by atoms with E-state index in [1.54, 1.807) is 29.2 Å². The van der Waals surface area contributed by atoms with Gasteiger partial charge in [0, 0.05) is 24.2 Å². The quantitative estimate of drug-likeness (QED) is 0.785. The Kier molecular flexibility index (Phi) is 4.53. The summed E-state index contributed by atoms with van der Waals surface area (Å²) < 4.78 is 3.73. The van der Waals surface area contributed by atoms with Gasteiger partial charge in [-0.05, 0) is 63.3 Å². The molecule has 0 saturated carbocycles. The van der Waals surface area contributed by atoms with Gasteiger partial charge in [-0.15, -0.1) is 0 Å². The minimum absolute atomic E-state index is 0.139. The molecule has 2 aromatic heterocycles. The van der Waals surface area contributed by atoms with Gasteiger partial charge in [-0.3, -0.25) is 9.48 Å². The molecule has 3 heterocycles. The highest BCUT2D eigenvalue weighted by molar-refractivity contribution is 6.04. The van der Waals surface area contributed by atoms with Crippen LogP contribution in [0.2, 0.25) is 0 Å². The molecule has 26 heavy (non-hydrogen) atoms. The van der Waals surface area contributed by atoms with E-state index >= 15 is 0 Å². The summed E-state index contributed by atoms with van der Waals surface area (Å²) in [6.45, 7) is 2.16. The average molecular weight is 350 g/mol. The number of carbonyl (C=O) groups is 1. The maximum Gasteiger partial charge on any atom is 0.255 e. The molecule has 0 unspecified atom stereocenters. The summed E-state index contributed by atoms with van der Waals surface area (Å²) in [7, 11) is 2.14. The molecule has 0 spiro atoms. The van der Waals surface area contributed by atoms with Crippen LogP contribution < -0.4 is 5.32 Å². The second kappa shape index (κ2) is 7.13. The summed E-state index contributed by atoms with van der Waals surface area (Å²) >= 11 is 0. The van der Waals surface area contributed by atoms with Gasteiger partial charge in [0.2, 0.25) is 0 Å². The van der Waals surface area contributed by atoms with E-state index in [-0.39, 0.29) is 5.91 Å². The molecule has 1 aliphatic heterocycles. The molecule has 7 nitrogen and oxygen atoms in total. The van der Waals surface area contributed by atoms with Crippen molar-refractivity contribution in [2.75, 3.05) is 25.5 Å². The van der Waals surface area contributed by atoms with Crippen LogP contribution in [0.5, 0.6) is 0 Å². The van der Waals surface area contributed by atoms with E-state index in [0.717, 1.165) is 37.3 Å². The van der Waals surface area contributed by atoms with Crippen LogP contribution >= 0.6 is 0 Å². The Morgan fingerprint density at radius 1 is 1.15 bits per heavy atom. The van der Waals surface area contributed by atoms with Crippen molar-refractivity contribution in [1.29, 1.82) is 0 Å². The number of nitrogens with one attached hydrogen (secondary N) is 1. The predicted molar refractivity (Wildman–Crippen MR) is 99.5 cm³/mol. The smallest absolute Gasteiger partial charge is 0.255 e. The molecule has 0 bridgehead atoms. The minimum Gasteiger partial charge on any atom is -0.319 e. The first kappa shape index (κ1) is 16.5. The molecule has 1 amide bonds. The SMILES string of the molecule is CN1CCC(n2cc(NC(=O)c3ccc(-n4cccn4)cc3)cn2)CC1. The van der Waals surface area contributed by atoms with Crippen molar-refractivity contribution < 1.29 is 4.79 Å². The van der Waals surface area contributed by atoms with Crippen molar-refractivity contribution in [3.8, 4) is 5.69 Å². The van der Waals surface area contributed by atoms with E-state index in [2.05, 4.69) is 27.5 Å². The van der Waals surface area contributed by atoms with Crippen LogP contribution in [-0.2, 0) is 0 Å². The Bertz CT molecular complexity index is 860. The zero-order valence-corrected chi connectivity index (χ0v) is 14.7. The van der Waals surface area contributed by atoms with E-state index in [4.69, 9.17) is 0 Å². The standard InChI is InChI=1S/C19H22N6O/c1-23-11-7-18(8-12-23)25-14-16(13-21-25)22-19(26)15-3-5-17(6-4-15)24-10-2-9-20-24/h2-6,9-10,13-14,18H,7-8,11-12H2,1H3,(H,22,26). The van der Waals surface area contributed by atoms with E-state index in [1.165, 1.54) is 0 Å². The summed E-state index contributed by atoms with van der Waals surface area (Å²) in [5.41, 5.74) is 2.25. The van der Waals surface area contributed by atoms with Gasteiger partial charge in [-0.2, -0.15) is 10.2 Å². The average Bonchev–Trinajstić information content (AvgIpc) is 3.35. The highest BCUT2D eigenvalue weighted by Crippen LogP contribution is 2.22. The predicted octanol–water partition coefficient (Wildman–Crippen LogP) is 2.59. The van der Waals surface area contributed by atoms with E-state index in [1.807, 2.05) is 35.3 Å². The Hall–Kier alpha value is -2.93. The van der Waals surface area contributed by atoms with E-state index < -0.39 is 0 Å². The number of anilines is 1. The summed E-state index contributed by atoms with van der Waals surface area (Å²) in [4.78, 5) is 14.8. The Balaban J connectivity index is 1.40. The fourth-order valence-electron chi connectivity index (χ4n) is 3.25. The molecule has 0 aliphatic carbocycles. The lowest BCUT2D eigenvalue weighted by Crippen LogP contribution is -2.31. The normalized spacial score (nSPS) is 15.9. The third kappa shape index (κ3) is 3.52. The van der Waals surface area contributed by atoms with Crippen molar-refractivity contribution >= 4 is 11.6 Å². The van der Waals surface area contributed by atoms with Crippen molar-refractivity contribution in [3.05, 3.63) is 60.7 Å². The van der Waals surface area contributed by atoms with E-state index in [9.17, 15) is 4.79 Å². The van der Waals surface area contributed by atoms with Gasteiger partial charge in [0.15, 0.2) is 0 Å². The molecule has 1 fully saturated rings. The van der Waals surface area contributed by atoms with Crippen LogP contribution in [0.4, 0.5) is 5.69 Å². The minimum atomic E-state index is -0.139. The van der Waals surface area contributed by atoms with Crippen LogP contribution in [0.15, 0.2) is 55.1 Å². The third-order valence-corrected chi connectivity index (χ3v) is 4.82. The van der Waals surface area contributed by atoms with Gasteiger partial charge in [0.05, 0.1) is 23.6 Å². The third-order valence-electron chi connectivity index (χ3n) is 4.82. The summed E-state index contributed by atoms with van der Waals surface area (Å²) in [5, 5.41) is 11.5. The number of likely N-dealkylation sites (tertiary alicyclic amines) is 1. The monoisotopic (exact) mass is 350 g/mol. The number of aromatic nitrogens is 4. The lowest BCUT2D eigenvalue weighted by molar-refractivity contribution is 0.102. The number of piperidine rings is 1. The van der Waals surface area contributed by atoms with Gasteiger partial charge in [-0.1, -0.05) is 0 Å². The summed E-state index contributed by atoms with van der Waals surface area (Å²) in [6, 6.07) is 9.63. The fraction of sp³-hybridized carbons (Fsp3) is 0.316. The molecular formula is C19H22N6O. The van der Waals surface area contributed by atoms with Crippen LogP contribution in [0, 0.1) is 0 Å². The second-order valence-corrected chi connectivity index (χ2v) is 6.70. The fourth-order valence-corrected chi connectivity index (χ4v) is 3.25. The van der Waals surface area contributed by atoms with Gasteiger partial charge in [-0.25, -0.2) is 4.68 Å². The maximum absolute atomic E-state index is 12.5. The van der Waals surface area contributed by atoms with Crippen molar-refractivity contribution in [1.82, 2.24) is 24.5 Å². The zero-order valence-electron chi connectivity index (χ0n) is 14.7. The van der Waals surface area contributed by atoms with Crippen LogP contribution in [0.3, 0.4) is 0 Å². The number of hydrogen-bond acceptors (Lipinski definition) is 4. The highest BCUT2D eigenvalue weighted by atomic mass is 16.1. The number of hydrogen-bond donors (Lipinski definition) is 1. The van der Waals surface area contributed by atoms with Crippen LogP contribution in [0.25, 0.3) is 5.69 Å². The molecule has 134 valence electrons. The van der Waals surface area contributed by atoms with Gasteiger partial charge >= 0.3 is 0 Å². The zero-order chi connectivity index (χ0) is 17.9.